The minimum Gasteiger partial charge on any atom is -0.468 e. The second-order valence-electron chi connectivity index (χ2n) is 5.30. The van der Waals surface area contributed by atoms with Gasteiger partial charge in [-0.15, -0.1) is 0 Å². The molecule has 0 saturated carbocycles. The smallest absolute Gasteiger partial charge is 0.120 e. The molecule has 1 N–H and O–H groups in total. The summed E-state index contributed by atoms with van der Waals surface area (Å²) in [5.74, 6) is 1.03. The van der Waals surface area contributed by atoms with Crippen LogP contribution in [0.5, 0.6) is 0 Å². The van der Waals surface area contributed by atoms with Gasteiger partial charge < -0.3 is 14.6 Å². The van der Waals surface area contributed by atoms with Gasteiger partial charge in [-0.1, -0.05) is 19.3 Å². The van der Waals surface area contributed by atoms with Gasteiger partial charge in [0.2, 0.25) is 0 Å². The fourth-order valence-corrected chi connectivity index (χ4v) is 2.61. The first kappa shape index (κ1) is 13.6. The Balaban J connectivity index is 1.64. The molecule has 3 heteroatoms. The Morgan fingerprint density at radius 3 is 2.61 bits per heavy atom. The van der Waals surface area contributed by atoms with Crippen LogP contribution in [0.4, 0.5) is 0 Å². The first-order valence-electron chi connectivity index (χ1n) is 7.35. The molecule has 1 unspecified atom stereocenters. The molecule has 18 heavy (non-hydrogen) atoms. The van der Waals surface area contributed by atoms with E-state index in [1.54, 1.807) is 6.26 Å². The Morgan fingerprint density at radius 1 is 1.22 bits per heavy atom. The quantitative estimate of drug-likeness (QED) is 0.870. The first-order chi connectivity index (χ1) is 8.86. The molecular formula is C15H26N2O. The molecule has 1 aromatic rings. The highest BCUT2D eigenvalue weighted by Gasteiger charge is 2.10. The summed E-state index contributed by atoms with van der Waals surface area (Å²) in [4.78, 5) is 2.60. The Morgan fingerprint density at radius 2 is 1.94 bits per heavy atom. The molecule has 0 amide bonds. The molecule has 2 heterocycles. The summed E-state index contributed by atoms with van der Waals surface area (Å²) >= 11 is 0. The molecule has 3 nitrogen and oxygen atoms in total. The van der Waals surface area contributed by atoms with Gasteiger partial charge in [-0.25, -0.2) is 0 Å². The van der Waals surface area contributed by atoms with E-state index in [2.05, 4.69) is 17.1 Å². The second kappa shape index (κ2) is 7.59. The molecule has 2 rings (SSSR count). The first-order valence-corrected chi connectivity index (χ1v) is 7.35. The number of hydrogen-bond acceptors (Lipinski definition) is 3. The summed E-state index contributed by atoms with van der Waals surface area (Å²) in [7, 11) is 0. The highest BCUT2D eigenvalue weighted by atomic mass is 16.3. The zero-order chi connectivity index (χ0) is 12.6. The topological polar surface area (TPSA) is 28.4 Å². The largest absolute Gasteiger partial charge is 0.468 e. The zero-order valence-electron chi connectivity index (χ0n) is 11.5. The van der Waals surface area contributed by atoms with Crippen molar-refractivity contribution in [3.63, 3.8) is 0 Å². The summed E-state index contributed by atoms with van der Waals surface area (Å²) in [5.41, 5.74) is 0. The van der Waals surface area contributed by atoms with Crippen molar-refractivity contribution in [2.24, 2.45) is 0 Å². The second-order valence-corrected chi connectivity index (χ2v) is 5.30. The molecule has 102 valence electrons. The maximum absolute atomic E-state index is 5.40. The van der Waals surface area contributed by atoms with Crippen molar-refractivity contribution in [3.8, 4) is 0 Å². The number of nitrogens with zero attached hydrogens (tertiary/aromatic N) is 1. The Labute approximate surface area is 111 Å². The average molecular weight is 250 g/mol. The highest BCUT2D eigenvalue weighted by molar-refractivity contribution is 5.02. The fourth-order valence-electron chi connectivity index (χ4n) is 2.61. The third-order valence-electron chi connectivity index (χ3n) is 3.80. The predicted octanol–water partition coefficient (Wildman–Crippen LogP) is 3.20. The van der Waals surface area contributed by atoms with Crippen LogP contribution in [0.2, 0.25) is 0 Å². The summed E-state index contributed by atoms with van der Waals surface area (Å²) in [6.45, 7) is 6.91. The summed E-state index contributed by atoms with van der Waals surface area (Å²) in [6, 6.07) is 4.30. The van der Waals surface area contributed by atoms with E-state index in [4.69, 9.17) is 4.42 Å². The molecule has 1 aliphatic heterocycles. The van der Waals surface area contributed by atoms with Gasteiger partial charge in [-0.05, 0) is 45.0 Å². The number of furan rings is 1. The van der Waals surface area contributed by atoms with Crippen molar-refractivity contribution in [2.75, 3.05) is 26.2 Å². The lowest BCUT2D eigenvalue weighted by atomic mass is 10.1. The van der Waals surface area contributed by atoms with E-state index < -0.39 is 0 Å². The lowest BCUT2D eigenvalue weighted by molar-refractivity contribution is 0.243. The molecule has 0 aliphatic carbocycles. The number of rotatable bonds is 5. The van der Waals surface area contributed by atoms with Crippen LogP contribution in [-0.2, 0) is 0 Å². The summed E-state index contributed by atoms with van der Waals surface area (Å²) in [6.07, 6.45) is 8.73. The van der Waals surface area contributed by atoms with E-state index in [1.165, 1.54) is 45.2 Å². The van der Waals surface area contributed by atoms with Crippen molar-refractivity contribution in [2.45, 2.75) is 45.1 Å². The van der Waals surface area contributed by atoms with Gasteiger partial charge in [0.25, 0.3) is 0 Å². The van der Waals surface area contributed by atoms with Gasteiger partial charge in [0.1, 0.15) is 5.76 Å². The van der Waals surface area contributed by atoms with Crippen molar-refractivity contribution >= 4 is 0 Å². The van der Waals surface area contributed by atoms with E-state index in [0.717, 1.165) is 18.8 Å². The van der Waals surface area contributed by atoms with Crippen molar-refractivity contribution in [3.05, 3.63) is 24.2 Å². The van der Waals surface area contributed by atoms with Crippen LogP contribution in [0, 0.1) is 0 Å². The van der Waals surface area contributed by atoms with Crippen LogP contribution in [-0.4, -0.2) is 31.1 Å². The SMILES string of the molecule is CC(NCCN1CCCCCCC1)c1ccco1. The molecule has 1 aromatic heterocycles. The van der Waals surface area contributed by atoms with Gasteiger partial charge in [-0.2, -0.15) is 0 Å². The van der Waals surface area contributed by atoms with E-state index in [9.17, 15) is 0 Å². The van der Waals surface area contributed by atoms with Gasteiger partial charge in [-0.3, -0.25) is 0 Å². The minimum absolute atomic E-state index is 0.315. The molecule has 0 aromatic carbocycles. The lowest BCUT2D eigenvalue weighted by Crippen LogP contribution is -2.35. The standard InChI is InChI=1S/C15H26N2O/c1-14(15-8-7-13-18-15)16-9-12-17-10-5-3-2-4-6-11-17/h7-8,13-14,16H,2-6,9-12H2,1H3. The van der Waals surface area contributed by atoms with Gasteiger partial charge in [0.15, 0.2) is 0 Å². The van der Waals surface area contributed by atoms with E-state index in [1.807, 2.05) is 12.1 Å². The average Bonchev–Trinajstić information content (AvgIpc) is 2.85. The van der Waals surface area contributed by atoms with Crippen LogP contribution in [0.3, 0.4) is 0 Å². The third kappa shape index (κ3) is 4.46. The predicted molar refractivity (Wildman–Crippen MR) is 74.7 cm³/mol. The van der Waals surface area contributed by atoms with Crippen molar-refractivity contribution in [1.82, 2.24) is 10.2 Å². The highest BCUT2D eigenvalue weighted by Crippen LogP contribution is 2.12. The molecule has 0 spiro atoms. The Kier molecular flexibility index (Phi) is 5.75. The minimum atomic E-state index is 0.315. The van der Waals surface area contributed by atoms with Gasteiger partial charge in [0.05, 0.1) is 12.3 Å². The van der Waals surface area contributed by atoms with Crippen LogP contribution < -0.4 is 5.32 Å². The lowest BCUT2D eigenvalue weighted by Gasteiger charge is -2.25. The van der Waals surface area contributed by atoms with Gasteiger partial charge in [0, 0.05) is 13.1 Å². The molecule has 0 radical (unpaired) electrons. The molecule has 1 aliphatic rings. The van der Waals surface area contributed by atoms with Crippen LogP contribution in [0.1, 0.15) is 50.8 Å². The van der Waals surface area contributed by atoms with Gasteiger partial charge >= 0.3 is 0 Å². The Hall–Kier alpha value is -0.800. The van der Waals surface area contributed by atoms with Crippen LogP contribution >= 0.6 is 0 Å². The molecule has 1 fully saturated rings. The molecular weight excluding hydrogens is 224 g/mol. The molecule has 1 saturated heterocycles. The van der Waals surface area contributed by atoms with E-state index >= 15 is 0 Å². The number of nitrogens with one attached hydrogen (secondary N) is 1. The number of likely N-dealkylation sites (tertiary alicyclic amines) is 1. The zero-order valence-corrected chi connectivity index (χ0v) is 11.5. The number of hydrogen-bond donors (Lipinski definition) is 1. The van der Waals surface area contributed by atoms with E-state index in [-0.39, 0.29) is 0 Å². The normalized spacial score (nSPS) is 20.3. The maximum Gasteiger partial charge on any atom is 0.120 e. The maximum atomic E-state index is 5.40. The monoisotopic (exact) mass is 250 g/mol. The summed E-state index contributed by atoms with van der Waals surface area (Å²) in [5, 5.41) is 3.53. The van der Waals surface area contributed by atoms with Crippen molar-refractivity contribution < 1.29 is 4.42 Å². The van der Waals surface area contributed by atoms with Crippen LogP contribution in [0.25, 0.3) is 0 Å². The fraction of sp³-hybridized carbons (Fsp3) is 0.733. The molecule has 0 bridgehead atoms. The third-order valence-corrected chi connectivity index (χ3v) is 3.80. The molecule has 1 atom stereocenters. The van der Waals surface area contributed by atoms with E-state index in [0.29, 0.717) is 6.04 Å². The van der Waals surface area contributed by atoms with Crippen molar-refractivity contribution in [1.29, 1.82) is 0 Å². The summed E-state index contributed by atoms with van der Waals surface area (Å²) < 4.78 is 5.40. The van der Waals surface area contributed by atoms with Crippen LogP contribution in [0.15, 0.2) is 22.8 Å². The Bertz CT molecular complexity index is 302.